The number of halogens is 1. The Balaban J connectivity index is 1.63. The van der Waals surface area contributed by atoms with Gasteiger partial charge in [-0.25, -0.2) is 9.97 Å². The van der Waals surface area contributed by atoms with E-state index in [9.17, 15) is 4.79 Å². The molecule has 1 amide bonds. The van der Waals surface area contributed by atoms with E-state index in [0.717, 1.165) is 30.0 Å². The summed E-state index contributed by atoms with van der Waals surface area (Å²) < 4.78 is 0. The van der Waals surface area contributed by atoms with Crippen LogP contribution in [0, 0.1) is 13.8 Å². The predicted molar refractivity (Wildman–Crippen MR) is 108 cm³/mol. The van der Waals surface area contributed by atoms with Crippen molar-refractivity contribution in [2.75, 3.05) is 16.8 Å². The molecule has 5 nitrogen and oxygen atoms in total. The summed E-state index contributed by atoms with van der Waals surface area (Å²) in [6.45, 7) is 4.55. The molecule has 2 heterocycles. The normalized spacial score (nSPS) is 12.8. The topological polar surface area (TPSA) is 58.1 Å². The van der Waals surface area contributed by atoms with E-state index in [1.165, 1.54) is 5.56 Å². The Hall–Kier alpha value is -2.92. The van der Waals surface area contributed by atoms with Crippen LogP contribution >= 0.6 is 11.6 Å². The third kappa shape index (κ3) is 3.51. The Morgan fingerprint density at radius 2 is 1.93 bits per heavy atom. The van der Waals surface area contributed by atoms with Crippen molar-refractivity contribution in [1.29, 1.82) is 0 Å². The third-order valence-corrected chi connectivity index (χ3v) is 5.06. The first-order valence-electron chi connectivity index (χ1n) is 8.80. The third-order valence-electron chi connectivity index (χ3n) is 4.65. The average Bonchev–Trinajstić information content (AvgIpc) is 3.08. The van der Waals surface area contributed by atoms with Crippen molar-refractivity contribution in [3.63, 3.8) is 0 Å². The number of hydrogen-bond acceptors (Lipinski definition) is 4. The molecule has 2 aromatic carbocycles. The fourth-order valence-electron chi connectivity index (χ4n) is 3.25. The van der Waals surface area contributed by atoms with Gasteiger partial charge in [0.1, 0.15) is 17.3 Å². The molecule has 0 aliphatic carbocycles. The maximum absolute atomic E-state index is 12.7. The molecule has 0 saturated carbocycles. The molecule has 4 rings (SSSR count). The van der Waals surface area contributed by atoms with Crippen LogP contribution in [0.5, 0.6) is 0 Å². The van der Waals surface area contributed by atoms with Crippen LogP contribution in [0.2, 0.25) is 5.02 Å². The molecule has 1 aromatic heterocycles. The lowest BCUT2D eigenvalue weighted by atomic mass is 10.2. The standard InChI is InChI=1S/C21H19ClN4O/c1-13-7-8-16(11-17(13)22)25-21(27)18-12-20(24-14(2)23-18)26-10-9-15-5-3-4-6-19(15)26/h3-8,11-12H,9-10H2,1-2H3,(H,25,27). The number of carbonyl (C=O) groups excluding carboxylic acids is 1. The summed E-state index contributed by atoms with van der Waals surface area (Å²) in [5.41, 5.74) is 4.35. The first-order chi connectivity index (χ1) is 13.0. The number of aromatic nitrogens is 2. The smallest absolute Gasteiger partial charge is 0.274 e. The van der Waals surface area contributed by atoms with Gasteiger partial charge < -0.3 is 10.2 Å². The van der Waals surface area contributed by atoms with Gasteiger partial charge in [-0.15, -0.1) is 0 Å². The maximum Gasteiger partial charge on any atom is 0.274 e. The van der Waals surface area contributed by atoms with Crippen molar-refractivity contribution in [3.8, 4) is 0 Å². The van der Waals surface area contributed by atoms with E-state index in [-0.39, 0.29) is 5.91 Å². The molecular weight excluding hydrogens is 360 g/mol. The van der Waals surface area contributed by atoms with Crippen LogP contribution in [0.4, 0.5) is 17.2 Å². The van der Waals surface area contributed by atoms with E-state index in [1.54, 1.807) is 19.1 Å². The lowest BCUT2D eigenvalue weighted by molar-refractivity contribution is 0.102. The quantitative estimate of drug-likeness (QED) is 0.718. The number of aryl methyl sites for hydroxylation is 2. The molecule has 136 valence electrons. The van der Waals surface area contributed by atoms with Crippen molar-refractivity contribution >= 4 is 34.7 Å². The molecular formula is C21H19ClN4O. The predicted octanol–water partition coefficient (Wildman–Crippen LogP) is 4.69. The van der Waals surface area contributed by atoms with Crippen LogP contribution < -0.4 is 10.2 Å². The fourth-order valence-corrected chi connectivity index (χ4v) is 3.43. The molecule has 6 heteroatoms. The van der Waals surface area contributed by atoms with E-state index in [2.05, 4.69) is 32.3 Å². The molecule has 0 saturated heterocycles. The van der Waals surface area contributed by atoms with Crippen molar-refractivity contribution in [3.05, 3.63) is 76.2 Å². The number of amides is 1. The minimum atomic E-state index is -0.283. The van der Waals surface area contributed by atoms with E-state index >= 15 is 0 Å². The summed E-state index contributed by atoms with van der Waals surface area (Å²) in [4.78, 5) is 23.7. The van der Waals surface area contributed by atoms with Crippen LogP contribution in [-0.4, -0.2) is 22.4 Å². The number of hydrogen-bond donors (Lipinski definition) is 1. The van der Waals surface area contributed by atoms with Gasteiger partial charge in [0.2, 0.25) is 0 Å². The highest BCUT2D eigenvalue weighted by atomic mass is 35.5. The second-order valence-electron chi connectivity index (χ2n) is 6.61. The van der Waals surface area contributed by atoms with Gasteiger partial charge in [0.05, 0.1) is 0 Å². The minimum Gasteiger partial charge on any atom is -0.326 e. The number of anilines is 3. The molecule has 0 bridgehead atoms. The zero-order valence-corrected chi connectivity index (χ0v) is 15.9. The second kappa shape index (κ2) is 7.00. The van der Waals surface area contributed by atoms with Crippen LogP contribution in [0.3, 0.4) is 0 Å². The van der Waals surface area contributed by atoms with E-state index in [0.29, 0.717) is 22.2 Å². The molecule has 3 aromatic rings. The highest BCUT2D eigenvalue weighted by Crippen LogP contribution is 2.33. The number of nitrogens with zero attached hydrogens (tertiary/aromatic N) is 3. The Labute approximate surface area is 163 Å². The molecule has 0 atom stereocenters. The lowest BCUT2D eigenvalue weighted by Gasteiger charge is -2.19. The van der Waals surface area contributed by atoms with Gasteiger partial charge in [-0.3, -0.25) is 4.79 Å². The van der Waals surface area contributed by atoms with Gasteiger partial charge in [-0.05, 0) is 49.6 Å². The van der Waals surface area contributed by atoms with Crippen LogP contribution in [0.25, 0.3) is 0 Å². The van der Waals surface area contributed by atoms with Gasteiger partial charge in [0.15, 0.2) is 0 Å². The van der Waals surface area contributed by atoms with Crippen LogP contribution in [-0.2, 0) is 6.42 Å². The summed E-state index contributed by atoms with van der Waals surface area (Å²) in [6.07, 6.45) is 0.961. The Bertz CT molecular complexity index is 1030. The molecule has 0 spiro atoms. The summed E-state index contributed by atoms with van der Waals surface area (Å²) >= 11 is 6.14. The highest BCUT2D eigenvalue weighted by Gasteiger charge is 2.22. The first-order valence-corrected chi connectivity index (χ1v) is 9.18. The first kappa shape index (κ1) is 17.5. The van der Waals surface area contributed by atoms with Crippen molar-refractivity contribution < 1.29 is 4.79 Å². The van der Waals surface area contributed by atoms with Gasteiger partial charge in [0.25, 0.3) is 5.91 Å². The van der Waals surface area contributed by atoms with Gasteiger partial charge in [-0.1, -0.05) is 35.9 Å². The van der Waals surface area contributed by atoms with E-state index < -0.39 is 0 Å². The van der Waals surface area contributed by atoms with Crippen LogP contribution in [0.1, 0.15) is 27.4 Å². The van der Waals surface area contributed by atoms with E-state index in [1.807, 2.05) is 31.2 Å². The van der Waals surface area contributed by atoms with Crippen molar-refractivity contribution in [1.82, 2.24) is 9.97 Å². The zero-order chi connectivity index (χ0) is 19.0. The highest BCUT2D eigenvalue weighted by molar-refractivity contribution is 6.31. The zero-order valence-electron chi connectivity index (χ0n) is 15.2. The van der Waals surface area contributed by atoms with Gasteiger partial charge in [0, 0.05) is 29.0 Å². The molecule has 1 aliphatic heterocycles. The van der Waals surface area contributed by atoms with E-state index in [4.69, 9.17) is 11.6 Å². The van der Waals surface area contributed by atoms with Gasteiger partial charge in [-0.2, -0.15) is 0 Å². The number of carbonyl (C=O) groups is 1. The number of para-hydroxylation sites is 1. The number of nitrogens with one attached hydrogen (secondary N) is 1. The number of benzene rings is 2. The summed E-state index contributed by atoms with van der Waals surface area (Å²) in [5, 5.41) is 3.47. The summed E-state index contributed by atoms with van der Waals surface area (Å²) in [7, 11) is 0. The molecule has 0 radical (unpaired) electrons. The molecule has 1 N–H and O–H groups in total. The largest absolute Gasteiger partial charge is 0.326 e. The summed E-state index contributed by atoms with van der Waals surface area (Å²) in [6, 6.07) is 15.4. The van der Waals surface area contributed by atoms with Crippen molar-refractivity contribution in [2.24, 2.45) is 0 Å². The number of fused-ring (bicyclic) bond motifs is 1. The Morgan fingerprint density at radius 3 is 2.74 bits per heavy atom. The minimum absolute atomic E-state index is 0.283. The second-order valence-corrected chi connectivity index (χ2v) is 7.01. The van der Waals surface area contributed by atoms with Crippen molar-refractivity contribution in [2.45, 2.75) is 20.3 Å². The molecule has 0 unspecified atom stereocenters. The molecule has 1 aliphatic rings. The van der Waals surface area contributed by atoms with Gasteiger partial charge >= 0.3 is 0 Å². The molecule has 0 fully saturated rings. The number of rotatable bonds is 3. The Morgan fingerprint density at radius 1 is 1.11 bits per heavy atom. The lowest BCUT2D eigenvalue weighted by Crippen LogP contribution is -2.19. The average molecular weight is 379 g/mol. The fraction of sp³-hybridized carbons (Fsp3) is 0.190. The monoisotopic (exact) mass is 378 g/mol. The van der Waals surface area contributed by atoms with Crippen LogP contribution in [0.15, 0.2) is 48.5 Å². The maximum atomic E-state index is 12.7. The summed E-state index contributed by atoms with van der Waals surface area (Å²) in [5.74, 6) is 1.01. The SMILES string of the molecule is Cc1nc(C(=O)Nc2ccc(C)c(Cl)c2)cc(N2CCc3ccccc32)n1. The molecule has 27 heavy (non-hydrogen) atoms. The Kier molecular flexibility index (Phi) is 4.54.